The summed E-state index contributed by atoms with van der Waals surface area (Å²) in [5.74, 6) is -0.172. The summed E-state index contributed by atoms with van der Waals surface area (Å²) in [6, 6.07) is 16.2. The van der Waals surface area contributed by atoms with Gasteiger partial charge in [-0.2, -0.15) is 0 Å². The Morgan fingerprint density at radius 2 is 1.88 bits per heavy atom. The third kappa shape index (κ3) is 6.85. The van der Waals surface area contributed by atoms with Gasteiger partial charge in [-0.1, -0.05) is 41.9 Å². The molecule has 0 aliphatic rings. The maximum atomic E-state index is 11.9. The van der Waals surface area contributed by atoms with Crippen LogP contribution in [0, 0.1) is 0 Å². The van der Waals surface area contributed by atoms with Crippen molar-refractivity contribution in [1.82, 2.24) is 5.32 Å². The van der Waals surface area contributed by atoms with E-state index in [1.807, 2.05) is 37.3 Å². The second-order valence-electron chi connectivity index (χ2n) is 5.42. The molecule has 2 aromatic rings. The van der Waals surface area contributed by atoms with Gasteiger partial charge >= 0.3 is 5.97 Å². The van der Waals surface area contributed by atoms with Gasteiger partial charge in [0, 0.05) is 5.02 Å². The zero-order valence-corrected chi connectivity index (χ0v) is 14.7. The number of hydrogen-bond acceptors (Lipinski definition) is 4. The summed E-state index contributed by atoms with van der Waals surface area (Å²) < 4.78 is 10.3. The number of ether oxygens (including phenoxy) is 2. The number of hydrogen-bond donors (Lipinski definition) is 1. The highest BCUT2D eigenvalue weighted by Gasteiger charge is 2.12. The van der Waals surface area contributed by atoms with E-state index in [4.69, 9.17) is 21.1 Å². The predicted molar refractivity (Wildman–Crippen MR) is 95.5 cm³/mol. The molecule has 1 N–H and O–H groups in total. The quantitative estimate of drug-likeness (QED) is 0.730. The largest absolute Gasteiger partial charge is 0.493 e. The Hall–Kier alpha value is -2.53. The fourth-order valence-electron chi connectivity index (χ4n) is 2.13. The molecule has 0 bridgehead atoms. The molecule has 5 nitrogen and oxygen atoms in total. The molecule has 1 atom stereocenters. The summed E-state index contributed by atoms with van der Waals surface area (Å²) in [6.45, 7) is 1.71. The lowest BCUT2D eigenvalue weighted by atomic mass is 10.1. The Kier molecular flexibility index (Phi) is 7.29. The number of carbonyl (C=O) groups is 2. The number of rotatable bonds is 8. The number of amides is 1. The van der Waals surface area contributed by atoms with E-state index in [-0.39, 0.29) is 31.6 Å². The second-order valence-corrected chi connectivity index (χ2v) is 5.85. The molecular weight excluding hydrogens is 342 g/mol. The number of nitrogens with one attached hydrogen (secondary N) is 1. The first-order chi connectivity index (χ1) is 12.0. The molecule has 0 aliphatic carbocycles. The number of carbonyl (C=O) groups excluding carboxylic acids is 2. The molecule has 0 radical (unpaired) electrons. The lowest BCUT2D eigenvalue weighted by Crippen LogP contribution is -2.31. The number of para-hydroxylation sites is 1. The van der Waals surface area contributed by atoms with Crippen LogP contribution in [0.4, 0.5) is 0 Å². The molecule has 132 valence electrons. The number of benzene rings is 2. The van der Waals surface area contributed by atoms with Crippen LogP contribution in [0.5, 0.6) is 5.75 Å². The van der Waals surface area contributed by atoms with Crippen molar-refractivity contribution in [2.24, 2.45) is 0 Å². The Balaban J connectivity index is 1.66. The van der Waals surface area contributed by atoms with E-state index < -0.39 is 5.97 Å². The zero-order valence-electron chi connectivity index (χ0n) is 13.9. The lowest BCUT2D eigenvalue weighted by Gasteiger charge is -2.14. The average Bonchev–Trinajstić information content (AvgIpc) is 2.61. The van der Waals surface area contributed by atoms with Crippen molar-refractivity contribution >= 4 is 23.5 Å². The third-order valence-electron chi connectivity index (χ3n) is 3.41. The average molecular weight is 362 g/mol. The summed E-state index contributed by atoms with van der Waals surface area (Å²) in [5.41, 5.74) is 0.878. The first-order valence-corrected chi connectivity index (χ1v) is 8.30. The van der Waals surface area contributed by atoms with Crippen molar-refractivity contribution in [3.05, 3.63) is 65.2 Å². The fourth-order valence-corrected chi connectivity index (χ4v) is 2.33. The molecule has 6 heteroatoms. The van der Waals surface area contributed by atoms with Crippen molar-refractivity contribution in [3.8, 4) is 5.75 Å². The van der Waals surface area contributed by atoms with Gasteiger partial charge in [-0.3, -0.25) is 9.59 Å². The van der Waals surface area contributed by atoms with Crippen LogP contribution in [-0.2, 0) is 14.3 Å². The molecule has 0 saturated heterocycles. The van der Waals surface area contributed by atoms with Gasteiger partial charge in [0.25, 0.3) is 5.91 Å². The number of esters is 1. The maximum absolute atomic E-state index is 11.9. The van der Waals surface area contributed by atoms with Crippen LogP contribution in [0.25, 0.3) is 0 Å². The van der Waals surface area contributed by atoms with Gasteiger partial charge < -0.3 is 14.8 Å². The topological polar surface area (TPSA) is 64.6 Å². The van der Waals surface area contributed by atoms with Gasteiger partial charge in [0.2, 0.25) is 0 Å². The van der Waals surface area contributed by atoms with Gasteiger partial charge in [-0.25, -0.2) is 0 Å². The van der Waals surface area contributed by atoms with Crippen LogP contribution in [0.2, 0.25) is 5.02 Å². The van der Waals surface area contributed by atoms with Crippen LogP contribution >= 0.6 is 11.6 Å². The molecule has 0 saturated carbocycles. The number of halogens is 1. The lowest BCUT2D eigenvalue weighted by molar-refractivity contribution is -0.149. The normalized spacial score (nSPS) is 11.4. The van der Waals surface area contributed by atoms with E-state index in [0.29, 0.717) is 10.8 Å². The monoisotopic (exact) mass is 361 g/mol. The Bertz CT molecular complexity index is 706. The maximum Gasteiger partial charge on any atom is 0.309 e. The van der Waals surface area contributed by atoms with E-state index in [0.717, 1.165) is 5.56 Å². The van der Waals surface area contributed by atoms with Gasteiger partial charge in [-0.05, 0) is 36.8 Å². The molecule has 1 amide bonds. The van der Waals surface area contributed by atoms with Gasteiger partial charge in [0.15, 0.2) is 6.61 Å². The molecule has 0 fully saturated rings. The summed E-state index contributed by atoms with van der Waals surface area (Å²) in [6.07, 6.45) is 0.0754. The smallest absolute Gasteiger partial charge is 0.309 e. The van der Waals surface area contributed by atoms with Crippen LogP contribution in [-0.4, -0.2) is 25.1 Å². The van der Waals surface area contributed by atoms with Crippen molar-refractivity contribution in [2.45, 2.75) is 19.4 Å². The van der Waals surface area contributed by atoms with Crippen molar-refractivity contribution in [3.63, 3.8) is 0 Å². The van der Waals surface area contributed by atoms with E-state index in [2.05, 4.69) is 5.32 Å². The molecule has 2 rings (SSSR count). The highest BCUT2D eigenvalue weighted by atomic mass is 35.5. The Morgan fingerprint density at radius 1 is 1.12 bits per heavy atom. The van der Waals surface area contributed by atoms with E-state index in [1.54, 1.807) is 24.3 Å². The fraction of sp³-hybridized carbons (Fsp3) is 0.263. The summed E-state index contributed by atoms with van der Waals surface area (Å²) in [5, 5.41) is 3.36. The molecule has 0 aromatic heterocycles. The second kappa shape index (κ2) is 9.69. The Morgan fingerprint density at radius 3 is 2.60 bits per heavy atom. The zero-order chi connectivity index (χ0) is 18.1. The SMILES string of the molecule is C[C@H](NC(=O)COC(=O)CCOc1ccccc1)c1cccc(Cl)c1. The summed E-state index contributed by atoms with van der Waals surface area (Å²) in [7, 11) is 0. The van der Waals surface area contributed by atoms with E-state index in [9.17, 15) is 9.59 Å². The third-order valence-corrected chi connectivity index (χ3v) is 3.64. The summed E-state index contributed by atoms with van der Waals surface area (Å²) >= 11 is 5.93. The Labute approximate surface area is 151 Å². The molecule has 0 spiro atoms. The first-order valence-electron chi connectivity index (χ1n) is 7.93. The van der Waals surface area contributed by atoms with Gasteiger partial charge in [-0.15, -0.1) is 0 Å². The van der Waals surface area contributed by atoms with E-state index >= 15 is 0 Å². The van der Waals surface area contributed by atoms with Crippen LogP contribution in [0.3, 0.4) is 0 Å². The predicted octanol–water partition coefficient (Wildman–Crippen LogP) is 3.53. The highest BCUT2D eigenvalue weighted by molar-refractivity contribution is 6.30. The van der Waals surface area contributed by atoms with Crippen LogP contribution in [0.15, 0.2) is 54.6 Å². The van der Waals surface area contributed by atoms with Crippen LogP contribution < -0.4 is 10.1 Å². The highest BCUT2D eigenvalue weighted by Crippen LogP contribution is 2.17. The van der Waals surface area contributed by atoms with Crippen molar-refractivity contribution in [1.29, 1.82) is 0 Å². The minimum Gasteiger partial charge on any atom is -0.493 e. The molecule has 0 heterocycles. The van der Waals surface area contributed by atoms with Crippen LogP contribution in [0.1, 0.15) is 24.9 Å². The van der Waals surface area contributed by atoms with E-state index in [1.165, 1.54) is 0 Å². The standard InChI is InChI=1S/C19H20ClNO4/c1-14(15-6-5-7-16(20)12-15)21-18(22)13-25-19(23)10-11-24-17-8-3-2-4-9-17/h2-9,12,14H,10-11,13H2,1H3,(H,21,22)/t14-/m0/s1. The first kappa shape index (κ1) is 18.8. The molecule has 2 aromatic carbocycles. The van der Waals surface area contributed by atoms with Crippen molar-refractivity contribution < 1.29 is 19.1 Å². The van der Waals surface area contributed by atoms with Gasteiger partial charge in [0.05, 0.1) is 19.1 Å². The molecular formula is C19H20ClNO4. The molecule has 25 heavy (non-hydrogen) atoms. The minimum atomic E-state index is -0.485. The molecule has 0 unspecified atom stereocenters. The van der Waals surface area contributed by atoms with Crippen molar-refractivity contribution in [2.75, 3.05) is 13.2 Å². The minimum absolute atomic E-state index is 0.0754. The van der Waals surface area contributed by atoms with Gasteiger partial charge in [0.1, 0.15) is 5.75 Å². The summed E-state index contributed by atoms with van der Waals surface area (Å²) in [4.78, 5) is 23.5. The molecule has 0 aliphatic heterocycles.